The van der Waals surface area contributed by atoms with Gasteiger partial charge in [-0.3, -0.25) is 4.79 Å². The lowest BCUT2D eigenvalue weighted by atomic mass is 9.95. The number of amides is 1. The van der Waals surface area contributed by atoms with Gasteiger partial charge in [-0.05, 0) is 56.2 Å². The molecule has 2 aliphatic carbocycles. The molecule has 1 aromatic carbocycles. The lowest BCUT2D eigenvalue weighted by molar-refractivity contribution is -0.119. The molecular formula is C19H22Cl2N4OS. The summed E-state index contributed by atoms with van der Waals surface area (Å²) in [7, 11) is 0. The molecule has 144 valence electrons. The van der Waals surface area contributed by atoms with Crippen LogP contribution in [0.2, 0.25) is 10.0 Å². The normalized spacial score (nSPS) is 23.7. The summed E-state index contributed by atoms with van der Waals surface area (Å²) in [6.07, 6.45) is 5.03. The third-order valence-electron chi connectivity index (χ3n) is 5.62. The first-order valence-corrected chi connectivity index (χ1v) is 11.1. The monoisotopic (exact) mass is 424 g/mol. The molecule has 5 nitrogen and oxygen atoms in total. The smallest absolute Gasteiger partial charge is 0.230 e. The molecular weight excluding hydrogens is 403 g/mol. The second-order valence-corrected chi connectivity index (χ2v) is 9.10. The van der Waals surface area contributed by atoms with E-state index in [0.717, 1.165) is 23.1 Å². The summed E-state index contributed by atoms with van der Waals surface area (Å²) >= 11 is 13.7. The lowest BCUT2D eigenvalue weighted by Crippen LogP contribution is -2.39. The Balaban J connectivity index is 1.42. The predicted molar refractivity (Wildman–Crippen MR) is 109 cm³/mol. The van der Waals surface area contributed by atoms with Gasteiger partial charge < -0.3 is 9.88 Å². The molecule has 2 saturated carbocycles. The van der Waals surface area contributed by atoms with Gasteiger partial charge in [0.25, 0.3) is 0 Å². The zero-order valence-electron chi connectivity index (χ0n) is 15.1. The Kier molecular flexibility index (Phi) is 5.67. The molecule has 2 fully saturated rings. The number of benzene rings is 1. The number of aromatic nitrogens is 3. The van der Waals surface area contributed by atoms with Crippen molar-refractivity contribution in [2.75, 3.05) is 5.75 Å². The van der Waals surface area contributed by atoms with Crippen LogP contribution < -0.4 is 5.32 Å². The van der Waals surface area contributed by atoms with E-state index in [9.17, 15) is 4.79 Å². The van der Waals surface area contributed by atoms with E-state index in [4.69, 9.17) is 23.2 Å². The van der Waals surface area contributed by atoms with E-state index in [1.807, 2.05) is 17.6 Å². The summed E-state index contributed by atoms with van der Waals surface area (Å²) in [5, 5.41) is 13.6. The highest BCUT2D eigenvalue weighted by molar-refractivity contribution is 7.99. The first-order chi connectivity index (χ1) is 13.0. The Labute approximate surface area is 173 Å². The van der Waals surface area contributed by atoms with Gasteiger partial charge >= 0.3 is 0 Å². The highest BCUT2D eigenvalue weighted by Crippen LogP contribution is 2.44. The molecule has 27 heavy (non-hydrogen) atoms. The minimum Gasteiger partial charge on any atom is -0.352 e. The third kappa shape index (κ3) is 3.98. The van der Waals surface area contributed by atoms with Gasteiger partial charge in [-0.15, -0.1) is 10.2 Å². The van der Waals surface area contributed by atoms with E-state index in [1.54, 1.807) is 12.1 Å². The second kappa shape index (κ2) is 8.02. The van der Waals surface area contributed by atoms with E-state index in [-0.39, 0.29) is 5.91 Å². The molecule has 2 aliphatic rings. The van der Waals surface area contributed by atoms with Crippen LogP contribution in [0.25, 0.3) is 11.4 Å². The van der Waals surface area contributed by atoms with E-state index >= 15 is 0 Å². The third-order valence-corrected chi connectivity index (χ3v) is 7.14. The van der Waals surface area contributed by atoms with Gasteiger partial charge in [-0.25, -0.2) is 0 Å². The zero-order chi connectivity index (χ0) is 19.0. The molecule has 0 saturated heterocycles. The Morgan fingerprint density at radius 3 is 2.81 bits per heavy atom. The maximum Gasteiger partial charge on any atom is 0.230 e. The average molecular weight is 425 g/mol. The van der Waals surface area contributed by atoms with Crippen molar-refractivity contribution < 1.29 is 4.79 Å². The van der Waals surface area contributed by atoms with Gasteiger partial charge in [0.1, 0.15) is 0 Å². The number of hydrogen-bond donors (Lipinski definition) is 1. The van der Waals surface area contributed by atoms with E-state index in [1.165, 1.54) is 31.0 Å². The molecule has 1 aromatic heterocycles. The van der Waals surface area contributed by atoms with Gasteiger partial charge in [0, 0.05) is 23.2 Å². The highest BCUT2D eigenvalue weighted by Gasteiger charge is 2.40. The first kappa shape index (κ1) is 19.1. The SMILES string of the molecule is CCn1c(SCC(=O)N[C@H]2C[C@H]3CC[C@H]2C3)nnc1-c1ccc(Cl)cc1Cl. The van der Waals surface area contributed by atoms with E-state index < -0.39 is 0 Å². The average Bonchev–Trinajstić information content (AvgIpc) is 3.35. The minimum atomic E-state index is 0.0780. The second-order valence-electron chi connectivity index (χ2n) is 7.31. The quantitative estimate of drug-likeness (QED) is 0.684. The summed E-state index contributed by atoms with van der Waals surface area (Å²) < 4.78 is 1.98. The number of carbonyl (C=O) groups is 1. The predicted octanol–water partition coefficient (Wildman–Crippen LogP) is 4.67. The van der Waals surface area contributed by atoms with Crippen LogP contribution in [0.4, 0.5) is 0 Å². The summed E-state index contributed by atoms with van der Waals surface area (Å²) in [6, 6.07) is 5.69. The molecule has 0 unspecified atom stereocenters. The van der Waals surface area contributed by atoms with Crippen molar-refractivity contribution >= 4 is 40.9 Å². The van der Waals surface area contributed by atoms with Crippen molar-refractivity contribution in [2.45, 2.75) is 50.4 Å². The van der Waals surface area contributed by atoms with Crippen molar-refractivity contribution in [1.82, 2.24) is 20.1 Å². The number of rotatable bonds is 6. The Hall–Kier alpha value is -1.24. The van der Waals surface area contributed by atoms with Crippen LogP contribution >= 0.6 is 35.0 Å². The molecule has 0 aliphatic heterocycles. The number of thioether (sulfide) groups is 1. The van der Waals surface area contributed by atoms with Crippen LogP contribution in [0.15, 0.2) is 23.4 Å². The van der Waals surface area contributed by atoms with Crippen LogP contribution in [-0.4, -0.2) is 32.5 Å². The van der Waals surface area contributed by atoms with Gasteiger partial charge in [-0.2, -0.15) is 0 Å². The van der Waals surface area contributed by atoms with Crippen LogP contribution in [0.5, 0.6) is 0 Å². The van der Waals surface area contributed by atoms with E-state index in [0.29, 0.717) is 40.1 Å². The fourth-order valence-electron chi connectivity index (χ4n) is 4.35. The van der Waals surface area contributed by atoms with E-state index in [2.05, 4.69) is 15.5 Å². The Morgan fingerprint density at radius 1 is 1.30 bits per heavy atom. The fraction of sp³-hybridized carbons (Fsp3) is 0.526. The lowest BCUT2D eigenvalue weighted by Gasteiger charge is -2.22. The van der Waals surface area contributed by atoms with Gasteiger partial charge in [0.15, 0.2) is 11.0 Å². The van der Waals surface area contributed by atoms with Crippen molar-refractivity contribution in [3.63, 3.8) is 0 Å². The zero-order valence-corrected chi connectivity index (χ0v) is 17.4. The van der Waals surface area contributed by atoms with Crippen LogP contribution in [0, 0.1) is 11.8 Å². The van der Waals surface area contributed by atoms with Crippen molar-refractivity contribution in [1.29, 1.82) is 0 Å². The van der Waals surface area contributed by atoms with Gasteiger partial charge in [0.2, 0.25) is 5.91 Å². The maximum atomic E-state index is 12.4. The molecule has 8 heteroatoms. The van der Waals surface area contributed by atoms with Crippen LogP contribution in [-0.2, 0) is 11.3 Å². The molecule has 0 radical (unpaired) electrons. The highest BCUT2D eigenvalue weighted by atomic mass is 35.5. The molecule has 2 bridgehead atoms. The first-order valence-electron chi connectivity index (χ1n) is 9.36. The summed E-state index contributed by atoms with van der Waals surface area (Å²) in [6.45, 7) is 2.72. The molecule has 2 aromatic rings. The number of nitrogens with one attached hydrogen (secondary N) is 1. The fourth-order valence-corrected chi connectivity index (χ4v) is 5.66. The summed E-state index contributed by atoms with van der Waals surface area (Å²) in [5.74, 6) is 2.62. The molecule has 1 amide bonds. The van der Waals surface area contributed by atoms with Crippen LogP contribution in [0.1, 0.15) is 32.6 Å². The molecule has 4 rings (SSSR count). The summed E-state index contributed by atoms with van der Waals surface area (Å²) in [4.78, 5) is 12.4. The number of halogens is 2. The maximum absolute atomic E-state index is 12.4. The van der Waals surface area contributed by atoms with Crippen molar-refractivity contribution in [3.8, 4) is 11.4 Å². The number of fused-ring (bicyclic) bond motifs is 2. The molecule has 1 N–H and O–H groups in total. The topological polar surface area (TPSA) is 59.8 Å². The number of hydrogen-bond acceptors (Lipinski definition) is 4. The Morgan fingerprint density at radius 2 is 2.15 bits per heavy atom. The largest absolute Gasteiger partial charge is 0.352 e. The molecule has 1 heterocycles. The van der Waals surface area contributed by atoms with Crippen molar-refractivity contribution in [2.24, 2.45) is 11.8 Å². The van der Waals surface area contributed by atoms with Gasteiger partial charge in [0.05, 0.1) is 10.8 Å². The minimum absolute atomic E-state index is 0.0780. The molecule has 0 spiro atoms. The van der Waals surface area contributed by atoms with Crippen LogP contribution in [0.3, 0.4) is 0 Å². The Bertz CT molecular complexity index is 856. The standard InChI is InChI=1S/C19H22Cl2N4OS/c1-2-25-18(14-6-5-13(20)9-15(14)21)23-24-19(25)27-10-17(26)22-16-8-11-3-4-12(16)7-11/h5-6,9,11-12,16H,2-4,7-8,10H2,1H3,(H,22,26)/t11-,12-,16-/m0/s1. The van der Waals surface area contributed by atoms with Gasteiger partial charge in [-0.1, -0.05) is 41.4 Å². The van der Waals surface area contributed by atoms with Crippen molar-refractivity contribution in [3.05, 3.63) is 28.2 Å². The number of carbonyl (C=O) groups excluding carboxylic acids is 1. The summed E-state index contributed by atoms with van der Waals surface area (Å²) in [5.41, 5.74) is 0.786. The number of nitrogens with zero attached hydrogens (tertiary/aromatic N) is 3. The molecule has 3 atom stereocenters.